The molecule has 0 bridgehead atoms. The van der Waals surface area contributed by atoms with Gasteiger partial charge in [-0.25, -0.2) is 0 Å². The fraction of sp³-hybridized carbons (Fsp3) is 0.455. The second-order valence-corrected chi connectivity index (χ2v) is 5.86. The van der Waals surface area contributed by atoms with Crippen molar-refractivity contribution in [2.24, 2.45) is 0 Å². The van der Waals surface area contributed by atoms with E-state index in [-0.39, 0.29) is 6.29 Å². The Morgan fingerprint density at radius 3 is 2.20 bits per heavy atom. The molecule has 2 rings (SSSR count). The summed E-state index contributed by atoms with van der Waals surface area (Å²) in [5.74, 6) is 0. The minimum atomic E-state index is -0.165. The van der Waals surface area contributed by atoms with Gasteiger partial charge in [-0.3, -0.25) is 0 Å². The lowest BCUT2D eigenvalue weighted by atomic mass is 10.1. The average Bonchev–Trinajstić information content (AvgIpc) is 2.26. The molecule has 1 aromatic rings. The third kappa shape index (κ3) is 2.83. The van der Waals surface area contributed by atoms with Crippen LogP contribution in [-0.2, 0) is 9.47 Å². The van der Waals surface area contributed by atoms with Crippen LogP contribution in [0.25, 0.3) is 0 Å². The van der Waals surface area contributed by atoms with E-state index in [9.17, 15) is 0 Å². The van der Waals surface area contributed by atoms with Crippen LogP contribution in [0.2, 0.25) is 0 Å². The van der Waals surface area contributed by atoms with Crippen LogP contribution in [0.1, 0.15) is 23.8 Å². The second kappa shape index (κ2) is 5.29. The Balaban J connectivity index is 2.27. The van der Waals surface area contributed by atoms with Crippen molar-refractivity contribution < 1.29 is 9.47 Å². The molecule has 1 aliphatic rings. The number of hydrogen-bond donors (Lipinski definition) is 0. The van der Waals surface area contributed by atoms with Crippen molar-refractivity contribution in [1.29, 1.82) is 0 Å². The van der Waals surface area contributed by atoms with Gasteiger partial charge in [0.2, 0.25) is 0 Å². The van der Waals surface area contributed by atoms with Gasteiger partial charge in [0.15, 0.2) is 6.29 Å². The zero-order chi connectivity index (χ0) is 10.8. The molecule has 1 saturated heterocycles. The van der Waals surface area contributed by atoms with Gasteiger partial charge in [-0.1, -0.05) is 0 Å². The van der Waals surface area contributed by atoms with E-state index in [0.29, 0.717) is 0 Å². The summed E-state index contributed by atoms with van der Waals surface area (Å²) in [6, 6.07) is 4.29. The summed E-state index contributed by atoms with van der Waals surface area (Å²) in [5.41, 5.74) is 2.46. The largest absolute Gasteiger partial charge is 0.348 e. The van der Waals surface area contributed by atoms with Crippen molar-refractivity contribution in [2.75, 3.05) is 13.2 Å². The maximum atomic E-state index is 5.58. The molecule has 0 aromatic heterocycles. The van der Waals surface area contributed by atoms with Crippen LogP contribution in [0.3, 0.4) is 0 Å². The van der Waals surface area contributed by atoms with Crippen LogP contribution in [-0.4, -0.2) is 13.2 Å². The zero-order valence-corrected chi connectivity index (χ0v) is 12.7. The minimum Gasteiger partial charge on any atom is -0.348 e. The summed E-state index contributed by atoms with van der Waals surface area (Å²) in [4.78, 5) is 0. The van der Waals surface area contributed by atoms with Crippen LogP contribution in [0.15, 0.2) is 12.1 Å². The van der Waals surface area contributed by atoms with Gasteiger partial charge in [-0.15, -0.1) is 0 Å². The Morgan fingerprint density at radius 1 is 1.13 bits per heavy atom. The van der Waals surface area contributed by atoms with Crippen LogP contribution in [0.4, 0.5) is 0 Å². The van der Waals surface area contributed by atoms with Gasteiger partial charge in [0, 0.05) is 12.7 Å². The van der Waals surface area contributed by atoms with Crippen LogP contribution >= 0.6 is 45.2 Å². The van der Waals surface area contributed by atoms with Gasteiger partial charge in [0.1, 0.15) is 0 Å². The topological polar surface area (TPSA) is 18.5 Å². The number of rotatable bonds is 1. The molecular weight excluding hydrogens is 418 g/mol. The predicted molar refractivity (Wildman–Crippen MR) is 75.9 cm³/mol. The van der Waals surface area contributed by atoms with Crippen molar-refractivity contribution in [3.8, 4) is 0 Å². The molecule has 4 heteroatoms. The average molecular weight is 430 g/mol. The predicted octanol–water partition coefficient (Wildman–Crippen LogP) is 3.64. The Hall–Kier alpha value is 0.600. The maximum Gasteiger partial charge on any atom is 0.183 e. The van der Waals surface area contributed by atoms with E-state index in [1.54, 1.807) is 0 Å². The molecule has 1 aromatic carbocycles. The number of ether oxygens (including phenoxy) is 2. The minimum absolute atomic E-state index is 0.165. The molecule has 0 spiro atoms. The first-order valence-electron chi connectivity index (χ1n) is 4.87. The van der Waals surface area contributed by atoms with Gasteiger partial charge in [0.25, 0.3) is 0 Å². The summed E-state index contributed by atoms with van der Waals surface area (Å²) in [7, 11) is 0. The zero-order valence-electron chi connectivity index (χ0n) is 8.43. The molecule has 0 atom stereocenters. The third-order valence-electron chi connectivity index (χ3n) is 2.40. The first-order valence-corrected chi connectivity index (χ1v) is 7.03. The SMILES string of the molecule is Cc1c(I)cc(C2OCCCO2)cc1I. The van der Waals surface area contributed by atoms with E-state index in [1.807, 2.05) is 0 Å². The van der Waals surface area contributed by atoms with E-state index in [4.69, 9.17) is 9.47 Å². The normalized spacial score (nSPS) is 18.1. The molecule has 1 fully saturated rings. The Bertz CT molecular complexity index is 337. The lowest BCUT2D eigenvalue weighted by Crippen LogP contribution is -2.18. The highest BCUT2D eigenvalue weighted by Crippen LogP contribution is 2.28. The van der Waals surface area contributed by atoms with Gasteiger partial charge in [0.05, 0.1) is 13.2 Å². The highest BCUT2D eigenvalue weighted by Gasteiger charge is 2.18. The van der Waals surface area contributed by atoms with Crippen molar-refractivity contribution in [3.63, 3.8) is 0 Å². The van der Waals surface area contributed by atoms with Crippen molar-refractivity contribution in [1.82, 2.24) is 0 Å². The number of benzene rings is 1. The quantitative estimate of drug-likeness (QED) is 0.634. The Morgan fingerprint density at radius 2 is 1.67 bits per heavy atom. The summed E-state index contributed by atoms with van der Waals surface area (Å²) in [5, 5.41) is 0. The summed E-state index contributed by atoms with van der Waals surface area (Å²) >= 11 is 4.71. The molecular formula is C11H12I2O2. The fourth-order valence-corrected chi connectivity index (χ4v) is 3.30. The fourth-order valence-electron chi connectivity index (χ4n) is 1.48. The molecule has 0 unspecified atom stereocenters. The monoisotopic (exact) mass is 430 g/mol. The number of hydrogen-bond acceptors (Lipinski definition) is 2. The smallest absolute Gasteiger partial charge is 0.183 e. The Labute approximate surface area is 117 Å². The second-order valence-electron chi connectivity index (χ2n) is 3.54. The molecule has 0 amide bonds. The van der Waals surface area contributed by atoms with E-state index in [0.717, 1.165) is 25.2 Å². The van der Waals surface area contributed by atoms with E-state index >= 15 is 0 Å². The molecule has 0 radical (unpaired) electrons. The molecule has 2 nitrogen and oxygen atoms in total. The molecule has 0 N–H and O–H groups in total. The lowest BCUT2D eigenvalue weighted by molar-refractivity contribution is -0.183. The van der Waals surface area contributed by atoms with E-state index in [2.05, 4.69) is 64.2 Å². The molecule has 0 aliphatic carbocycles. The highest BCUT2D eigenvalue weighted by atomic mass is 127. The summed E-state index contributed by atoms with van der Waals surface area (Å²) < 4.78 is 13.7. The lowest BCUT2D eigenvalue weighted by Gasteiger charge is -2.24. The molecule has 1 heterocycles. The van der Waals surface area contributed by atoms with E-state index in [1.165, 1.54) is 12.7 Å². The van der Waals surface area contributed by atoms with Crippen LogP contribution < -0.4 is 0 Å². The maximum absolute atomic E-state index is 5.58. The third-order valence-corrected chi connectivity index (χ3v) is 4.64. The Kier molecular flexibility index (Phi) is 4.25. The van der Waals surface area contributed by atoms with Gasteiger partial charge >= 0.3 is 0 Å². The molecule has 82 valence electrons. The van der Waals surface area contributed by atoms with Crippen LogP contribution in [0.5, 0.6) is 0 Å². The summed E-state index contributed by atoms with van der Waals surface area (Å²) in [6.45, 7) is 3.73. The van der Waals surface area contributed by atoms with Crippen LogP contribution in [0, 0.1) is 14.1 Å². The van der Waals surface area contributed by atoms with Crippen molar-refractivity contribution in [3.05, 3.63) is 30.4 Å². The summed E-state index contributed by atoms with van der Waals surface area (Å²) in [6.07, 6.45) is 0.831. The number of halogens is 2. The molecule has 15 heavy (non-hydrogen) atoms. The van der Waals surface area contributed by atoms with E-state index < -0.39 is 0 Å². The van der Waals surface area contributed by atoms with Crippen molar-refractivity contribution in [2.45, 2.75) is 19.6 Å². The highest BCUT2D eigenvalue weighted by molar-refractivity contribution is 14.1. The first-order chi connectivity index (χ1) is 7.18. The first kappa shape index (κ1) is 12.1. The van der Waals surface area contributed by atoms with Gasteiger partial charge < -0.3 is 9.47 Å². The molecule has 0 saturated carbocycles. The van der Waals surface area contributed by atoms with Crippen molar-refractivity contribution >= 4 is 45.2 Å². The molecule has 1 aliphatic heterocycles. The van der Waals surface area contributed by atoms with Gasteiger partial charge in [-0.05, 0) is 76.2 Å². The van der Waals surface area contributed by atoms with Gasteiger partial charge in [-0.2, -0.15) is 0 Å². The standard InChI is InChI=1S/C11H12I2O2/c1-7-9(12)5-8(6-10(7)13)11-14-3-2-4-15-11/h5-6,11H,2-4H2,1H3.